The topological polar surface area (TPSA) is 91.0 Å². The number of esters is 1. The largest absolute Gasteiger partial charge is 0.460 e. The molecule has 2 heterocycles. The van der Waals surface area contributed by atoms with E-state index < -0.39 is 5.97 Å². The molecule has 0 radical (unpaired) electrons. The molecule has 0 N–H and O–H groups in total. The van der Waals surface area contributed by atoms with Gasteiger partial charge in [-0.25, -0.2) is 4.79 Å². The highest BCUT2D eigenvalue weighted by Crippen LogP contribution is 2.18. The van der Waals surface area contributed by atoms with E-state index in [1.807, 2.05) is 0 Å². The Hall–Kier alpha value is -1.83. The molecule has 0 aliphatic carbocycles. The van der Waals surface area contributed by atoms with Gasteiger partial charge in [0, 0.05) is 0 Å². The maximum absolute atomic E-state index is 11.2. The van der Waals surface area contributed by atoms with Crippen molar-refractivity contribution in [3.05, 3.63) is 12.0 Å². The molecule has 0 amide bonds. The molecule has 0 aliphatic heterocycles. The minimum Gasteiger partial charge on any atom is -0.460 e. The van der Waals surface area contributed by atoms with Crippen molar-refractivity contribution in [1.29, 1.82) is 0 Å². The normalized spacial score (nSPS) is 10.2. The lowest BCUT2D eigenvalue weighted by Gasteiger charge is -1.93. The zero-order valence-electron chi connectivity index (χ0n) is 7.71. The fourth-order valence-corrected chi connectivity index (χ4v) is 1.30. The van der Waals surface area contributed by atoms with Crippen LogP contribution in [0.1, 0.15) is 17.5 Å². The second-order valence-electron chi connectivity index (χ2n) is 2.43. The standard InChI is InChI=1S/C7H6N4O3S/c1-2-13-7(12)5-9-6(14-10-5)4-3-8-11-15-4/h3H,2H2,1H3. The Bertz CT molecular complexity index is 453. The van der Waals surface area contributed by atoms with Crippen LogP contribution in [0.4, 0.5) is 0 Å². The van der Waals surface area contributed by atoms with E-state index in [1.54, 1.807) is 6.92 Å². The number of rotatable bonds is 3. The average molecular weight is 226 g/mol. The molecule has 0 saturated carbocycles. The number of carbonyl (C=O) groups is 1. The maximum atomic E-state index is 11.2. The predicted molar refractivity (Wildman–Crippen MR) is 49.2 cm³/mol. The summed E-state index contributed by atoms with van der Waals surface area (Å²) in [6.07, 6.45) is 1.48. The van der Waals surface area contributed by atoms with Gasteiger partial charge in [-0.05, 0) is 23.6 Å². The van der Waals surface area contributed by atoms with Crippen molar-refractivity contribution in [2.24, 2.45) is 0 Å². The Morgan fingerprint density at radius 1 is 1.67 bits per heavy atom. The van der Waals surface area contributed by atoms with Crippen LogP contribution in [0.2, 0.25) is 0 Å². The summed E-state index contributed by atoms with van der Waals surface area (Å²) in [6.45, 7) is 1.97. The first-order chi connectivity index (χ1) is 7.31. The lowest BCUT2D eigenvalue weighted by molar-refractivity contribution is 0.0508. The fraction of sp³-hybridized carbons (Fsp3) is 0.286. The highest BCUT2D eigenvalue weighted by molar-refractivity contribution is 7.09. The van der Waals surface area contributed by atoms with E-state index in [-0.39, 0.29) is 18.3 Å². The summed E-state index contributed by atoms with van der Waals surface area (Å²) in [5.74, 6) is -0.488. The Morgan fingerprint density at radius 2 is 2.53 bits per heavy atom. The molecular formula is C7H6N4O3S. The zero-order valence-corrected chi connectivity index (χ0v) is 8.52. The maximum Gasteiger partial charge on any atom is 0.379 e. The van der Waals surface area contributed by atoms with Crippen LogP contribution in [-0.2, 0) is 4.74 Å². The molecule has 2 rings (SSSR count). The summed E-state index contributed by atoms with van der Waals surface area (Å²) in [5, 5.41) is 7.09. The van der Waals surface area contributed by atoms with Crippen molar-refractivity contribution in [2.75, 3.05) is 6.61 Å². The fourth-order valence-electron chi connectivity index (χ4n) is 0.864. The van der Waals surface area contributed by atoms with E-state index in [2.05, 4.69) is 19.7 Å². The SMILES string of the molecule is CCOC(=O)c1noc(-c2cnns2)n1. The van der Waals surface area contributed by atoms with Gasteiger partial charge >= 0.3 is 5.97 Å². The van der Waals surface area contributed by atoms with Crippen molar-refractivity contribution in [2.45, 2.75) is 6.92 Å². The summed E-state index contributed by atoms with van der Waals surface area (Å²) in [5.41, 5.74) is 0. The predicted octanol–water partition coefficient (Wildman–Crippen LogP) is 0.765. The molecule has 0 aliphatic rings. The summed E-state index contributed by atoms with van der Waals surface area (Å²) in [4.78, 5) is 15.7. The van der Waals surface area contributed by atoms with Gasteiger partial charge < -0.3 is 9.26 Å². The summed E-state index contributed by atoms with van der Waals surface area (Å²) in [6, 6.07) is 0. The van der Waals surface area contributed by atoms with Crippen LogP contribution < -0.4 is 0 Å². The average Bonchev–Trinajstić information content (AvgIpc) is 2.89. The molecule has 2 aromatic heterocycles. The molecule has 0 saturated heterocycles. The van der Waals surface area contributed by atoms with Crippen LogP contribution >= 0.6 is 11.5 Å². The smallest absolute Gasteiger partial charge is 0.379 e. The summed E-state index contributed by atoms with van der Waals surface area (Å²) < 4.78 is 13.2. The molecule has 0 unspecified atom stereocenters. The van der Waals surface area contributed by atoms with Gasteiger partial charge in [-0.3, -0.25) is 0 Å². The minimum absolute atomic E-state index is 0.0970. The van der Waals surface area contributed by atoms with Crippen LogP contribution in [-0.4, -0.2) is 32.3 Å². The molecule has 0 fully saturated rings. The first kappa shape index (κ1) is 9.71. The van der Waals surface area contributed by atoms with Gasteiger partial charge in [0.15, 0.2) is 0 Å². The monoisotopic (exact) mass is 226 g/mol. The van der Waals surface area contributed by atoms with E-state index in [4.69, 9.17) is 9.26 Å². The van der Waals surface area contributed by atoms with Gasteiger partial charge in [0.05, 0.1) is 12.8 Å². The highest BCUT2D eigenvalue weighted by Gasteiger charge is 2.17. The van der Waals surface area contributed by atoms with Crippen LogP contribution in [0.15, 0.2) is 10.7 Å². The molecule has 0 bridgehead atoms. The van der Waals surface area contributed by atoms with Crippen LogP contribution in [0.5, 0.6) is 0 Å². The molecule has 78 valence electrons. The van der Waals surface area contributed by atoms with Crippen molar-refractivity contribution in [3.63, 3.8) is 0 Å². The number of hydrogen-bond acceptors (Lipinski definition) is 8. The molecule has 0 aromatic carbocycles. The third-order valence-corrected chi connectivity index (χ3v) is 2.11. The Morgan fingerprint density at radius 3 is 3.20 bits per heavy atom. The van der Waals surface area contributed by atoms with E-state index in [1.165, 1.54) is 6.20 Å². The van der Waals surface area contributed by atoms with Gasteiger partial charge in [0.2, 0.25) is 0 Å². The second kappa shape index (κ2) is 4.13. The second-order valence-corrected chi connectivity index (χ2v) is 3.21. The van der Waals surface area contributed by atoms with Crippen molar-refractivity contribution >= 4 is 17.5 Å². The summed E-state index contributed by atoms with van der Waals surface area (Å²) in [7, 11) is 0. The molecule has 15 heavy (non-hydrogen) atoms. The van der Waals surface area contributed by atoms with Gasteiger partial charge in [-0.15, -0.1) is 5.10 Å². The lowest BCUT2D eigenvalue weighted by Crippen LogP contribution is -2.06. The van der Waals surface area contributed by atoms with Crippen molar-refractivity contribution in [1.82, 2.24) is 19.7 Å². The molecule has 7 nitrogen and oxygen atoms in total. The molecular weight excluding hydrogens is 220 g/mol. The van der Waals surface area contributed by atoms with Gasteiger partial charge in [0.1, 0.15) is 4.88 Å². The van der Waals surface area contributed by atoms with Crippen molar-refractivity contribution in [3.8, 4) is 10.8 Å². The number of nitrogens with zero attached hydrogens (tertiary/aromatic N) is 4. The first-order valence-corrected chi connectivity index (χ1v) is 4.87. The zero-order chi connectivity index (χ0) is 10.7. The first-order valence-electron chi connectivity index (χ1n) is 4.10. The van der Waals surface area contributed by atoms with Gasteiger partial charge in [-0.1, -0.05) is 4.49 Å². The third kappa shape index (κ3) is 1.99. The van der Waals surface area contributed by atoms with Crippen LogP contribution in [0, 0.1) is 0 Å². The third-order valence-electron chi connectivity index (χ3n) is 1.46. The lowest BCUT2D eigenvalue weighted by atomic mass is 10.5. The van der Waals surface area contributed by atoms with Gasteiger partial charge in [-0.2, -0.15) is 4.98 Å². The molecule has 0 atom stereocenters. The van der Waals surface area contributed by atoms with E-state index in [9.17, 15) is 4.79 Å². The quantitative estimate of drug-likeness (QED) is 0.713. The number of ether oxygens (including phenoxy) is 1. The van der Waals surface area contributed by atoms with Gasteiger partial charge in [0.25, 0.3) is 11.7 Å². The number of aromatic nitrogens is 4. The number of hydrogen-bond donors (Lipinski definition) is 0. The summed E-state index contributed by atoms with van der Waals surface area (Å²) >= 11 is 1.10. The number of carbonyl (C=O) groups excluding carboxylic acids is 1. The molecule has 8 heteroatoms. The Kier molecular flexibility index (Phi) is 2.68. The van der Waals surface area contributed by atoms with Crippen molar-refractivity contribution < 1.29 is 14.1 Å². The Labute approximate surface area is 88.2 Å². The Balaban J connectivity index is 2.21. The van der Waals surface area contributed by atoms with Crippen LogP contribution in [0.25, 0.3) is 10.8 Å². The minimum atomic E-state index is -0.607. The molecule has 0 spiro atoms. The van der Waals surface area contributed by atoms with E-state index in [0.29, 0.717) is 4.88 Å². The van der Waals surface area contributed by atoms with Crippen LogP contribution in [0.3, 0.4) is 0 Å². The van der Waals surface area contributed by atoms with E-state index in [0.717, 1.165) is 11.5 Å². The highest BCUT2D eigenvalue weighted by atomic mass is 32.1. The molecule has 2 aromatic rings. The van der Waals surface area contributed by atoms with E-state index >= 15 is 0 Å².